The Morgan fingerprint density at radius 2 is 0.404 bits per heavy atom. The molecule has 528 valence electrons. The van der Waals surface area contributed by atoms with Gasteiger partial charge in [0.25, 0.3) is 0 Å². The lowest BCUT2D eigenvalue weighted by Gasteiger charge is -2.11. The van der Waals surface area contributed by atoms with Crippen LogP contribution in [0.2, 0.25) is 0 Å². The summed E-state index contributed by atoms with van der Waals surface area (Å²) in [6, 6.07) is 121. The maximum atomic E-state index is 5.14. The van der Waals surface area contributed by atoms with Crippen LogP contribution in [-0.2, 0) is 0 Å². The van der Waals surface area contributed by atoms with Crippen LogP contribution in [0.4, 0.5) is 0 Å². The summed E-state index contributed by atoms with van der Waals surface area (Å²) in [6.45, 7) is 0. The van der Waals surface area contributed by atoms with Crippen molar-refractivity contribution in [3.8, 4) is 101 Å². The molecule has 12 heterocycles. The molecule has 0 unspecified atom stereocenters. The summed E-state index contributed by atoms with van der Waals surface area (Å²) in [5, 5.41) is 12.7. The minimum absolute atomic E-state index is 0.815. The summed E-state index contributed by atoms with van der Waals surface area (Å²) in [6.07, 6.45) is 3.63. The van der Waals surface area contributed by atoms with Gasteiger partial charge in [-0.15, -0.1) is 0 Å². The monoisotopic (exact) mass is 1450 g/mol. The summed E-state index contributed by atoms with van der Waals surface area (Å²) in [5.41, 5.74) is 28.1. The Labute approximate surface area is 652 Å². The van der Waals surface area contributed by atoms with Crippen LogP contribution in [-0.4, -0.2) is 59.8 Å². The van der Waals surface area contributed by atoms with Gasteiger partial charge in [0.15, 0.2) is 0 Å². The van der Waals surface area contributed by atoms with Crippen molar-refractivity contribution in [3.63, 3.8) is 0 Å². The van der Waals surface area contributed by atoms with Crippen molar-refractivity contribution in [2.24, 2.45) is 0 Å². The molecular weight excluding hydrogens is 1390 g/mol. The quantitative estimate of drug-likeness (QED) is 0.126. The zero-order chi connectivity index (χ0) is 75.2. The zero-order valence-electron chi connectivity index (χ0n) is 61.0. The summed E-state index contributed by atoms with van der Waals surface area (Å²) < 4.78 is 0. The lowest BCUT2D eigenvalue weighted by Crippen LogP contribution is -1.93. The second kappa shape index (κ2) is 27.2. The molecule has 0 aliphatic rings. The van der Waals surface area contributed by atoms with E-state index in [1.807, 2.05) is 97.3 Å². The number of hydrogen-bond donors (Lipinski definition) is 0. The van der Waals surface area contributed by atoms with Crippen LogP contribution in [0, 0.1) is 0 Å². The van der Waals surface area contributed by atoms with Gasteiger partial charge in [-0.05, 0) is 150 Å². The Morgan fingerprint density at radius 3 is 0.746 bits per heavy atom. The predicted molar refractivity (Wildman–Crippen MR) is 465 cm³/mol. The number of pyridine rings is 12. The van der Waals surface area contributed by atoms with Gasteiger partial charge < -0.3 is 0 Å². The molecule has 0 spiro atoms. The third kappa shape index (κ3) is 11.9. The van der Waals surface area contributed by atoms with Crippen molar-refractivity contribution in [2.75, 3.05) is 0 Å². The molecule has 12 heteroatoms. The molecule has 0 N–H and O–H groups in total. The lowest BCUT2D eigenvalue weighted by atomic mass is 9.99. The number of benzene rings is 11. The fraction of sp³-hybridized carbons (Fsp3) is 0. The van der Waals surface area contributed by atoms with Crippen molar-refractivity contribution in [2.45, 2.75) is 0 Å². The fourth-order valence-electron chi connectivity index (χ4n) is 15.8. The van der Waals surface area contributed by atoms with Crippen LogP contribution in [0.5, 0.6) is 0 Å². The Bertz CT molecular complexity index is 7630. The van der Waals surface area contributed by atoms with E-state index in [2.05, 4.69) is 277 Å². The van der Waals surface area contributed by atoms with Gasteiger partial charge in [0.1, 0.15) is 0 Å². The standard InChI is InChI=1S/C54H32N6.C48H28N6/c1-3-7-33(8-4-1)43-23-15-35-11-13-37-17-27-49(59-53(37)51(35)57-43)47-29-21-41-31-39(19-25-45(41)55-47)40-20-26-46-42(32-40)22-30-48(56-46)50-28-18-38-14-12-36-16-24-44(34-9-5-2-6-10-34)58-52(36)54(38)60-50;1-2-6-29(7-3-1)39-18-12-30-10-11-31-13-22-44(54-47(31)46(30)53-39)43-23-17-35-27-33(15-20-41(35)52-43)32-14-19-40-34(26-32)16-21-42(51-40)38-28-36-8-4-24-49-45(36)48-37(38)9-5-25-50-48/h1-32H;1-28H. The van der Waals surface area contributed by atoms with Crippen molar-refractivity contribution >= 4 is 131 Å². The number of aromatic nitrogens is 12. The highest BCUT2D eigenvalue weighted by molar-refractivity contribution is 6.11. The van der Waals surface area contributed by atoms with Crippen molar-refractivity contribution in [3.05, 3.63) is 364 Å². The fourth-order valence-corrected chi connectivity index (χ4v) is 15.8. The van der Waals surface area contributed by atoms with Gasteiger partial charge in [0.05, 0.1) is 123 Å². The molecule has 0 bridgehead atoms. The number of rotatable bonds is 9. The summed E-state index contributed by atoms with van der Waals surface area (Å²) in [5.74, 6) is 0. The van der Waals surface area contributed by atoms with Gasteiger partial charge in [0, 0.05) is 99.3 Å². The topological polar surface area (TPSA) is 155 Å². The molecule has 11 aromatic carbocycles. The average molecular weight is 1450 g/mol. The first-order valence-corrected chi connectivity index (χ1v) is 37.9. The Morgan fingerprint density at radius 1 is 0.140 bits per heavy atom. The summed E-state index contributed by atoms with van der Waals surface area (Å²) >= 11 is 0. The van der Waals surface area contributed by atoms with E-state index >= 15 is 0 Å². The number of hydrogen-bond acceptors (Lipinski definition) is 12. The molecule has 23 rings (SSSR count). The predicted octanol–water partition coefficient (Wildman–Crippen LogP) is 25.0. The van der Waals surface area contributed by atoms with Crippen LogP contribution >= 0.6 is 0 Å². The minimum Gasteiger partial charge on any atom is -0.254 e. The van der Waals surface area contributed by atoms with E-state index in [0.717, 1.165) is 232 Å². The highest BCUT2D eigenvalue weighted by Gasteiger charge is 2.18. The van der Waals surface area contributed by atoms with Gasteiger partial charge in [-0.25, -0.2) is 49.8 Å². The second-order valence-electron chi connectivity index (χ2n) is 28.7. The van der Waals surface area contributed by atoms with E-state index in [-0.39, 0.29) is 0 Å². The molecule has 114 heavy (non-hydrogen) atoms. The molecular formula is C102H60N12. The van der Waals surface area contributed by atoms with E-state index in [1.165, 1.54) is 0 Å². The molecule has 0 radical (unpaired) electrons. The van der Waals surface area contributed by atoms with Gasteiger partial charge in [-0.2, -0.15) is 0 Å². The molecule has 12 nitrogen and oxygen atoms in total. The zero-order valence-corrected chi connectivity index (χ0v) is 61.0. The van der Waals surface area contributed by atoms with Gasteiger partial charge in [-0.1, -0.05) is 224 Å². The second-order valence-corrected chi connectivity index (χ2v) is 28.7. The molecule has 23 aromatic rings. The molecule has 0 aliphatic heterocycles. The maximum Gasteiger partial charge on any atom is 0.0973 e. The van der Waals surface area contributed by atoms with Crippen molar-refractivity contribution in [1.29, 1.82) is 0 Å². The molecule has 0 fully saturated rings. The highest BCUT2D eigenvalue weighted by Crippen LogP contribution is 2.39. The first-order valence-electron chi connectivity index (χ1n) is 37.9. The smallest absolute Gasteiger partial charge is 0.0973 e. The van der Waals surface area contributed by atoms with Gasteiger partial charge in [-0.3, -0.25) is 9.97 Å². The minimum atomic E-state index is 0.815. The van der Waals surface area contributed by atoms with E-state index in [1.54, 1.807) is 0 Å². The van der Waals surface area contributed by atoms with E-state index < -0.39 is 0 Å². The van der Waals surface area contributed by atoms with E-state index in [0.29, 0.717) is 0 Å². The third-order valence-corrected chi connectivity index (χ3v) is 21.7. The first-order chi connectivity index (χ1) is 56.4. The third-order valence-electron chi connectivity index (χ3n) is 21.7. The normalized spacial score (nSPS) is 11.7. The molecule has 0 amide bonds. The van der Waals surface area contributed by atoms with Gasteiger partial charge >= 0.3 is 0 Å². The molecule has 0 aliphatic carbocycles. The lowest BCUT2D eigenvalue weighted by molar-refractivity contribution is 1.31. The number of fused-ring (bicyclic) bond motifs is 16. The largest absolute Gasteiger partial charge is 0.254 e. The number of nitrogens with zero attached hydrogens (tertiary/aromatic N) is 12. The molecule has 0 saturated carbocycles. The summed E-state index contributed by atoms with van der Waals surface area (Å²) in [4.78, 5) is 60.2. The molecule has 12 aromatic heterocycles. The van der Waals surface area contributed by atoms with Crippen LogP contribution in [0.15, 0.2) is 364 Å². The summed E-state index contributed by atoms with van der Waals surface area (Å²) in [7, 11) is 0. The molecule has 0 saturated heterocycles. The van der Waals surface area contributed by atoms with Crippen molar-refractivity contribution < 1.29 is 0 Å². The van der Waals surface area contributed by atoms with Crippen LogP contribution < -0.4 is 0 Å². The Hall–Kier alpha value is -15.7. The Kier molecular flexibility index (Phi) is 15.6. The average Bonchev–Trinajstić information content (AvgIpc) is 0.770. The highest BCUT2D eigenvalue weighted by atomic mass is 14.8. The van der Waals surface area contributed by atoms with E-state index in [9.17, 15) is 0 Å². The Balaban J connectivity index is 0.000000140. The van der Waals surface area contributed by atoms with Crippen LogP contribution in [0.1, 0.15) is 0 Å². The SMILES string of the molecule is c1ccc(-c2ccc3ccc4ccc(-c5ccc6cc(-c7ccc8nc(-c9cc%10cccnc%10c%10ncccc9%10)ccc8c7)ccc6n5)nc4c3n2)cc1.c1ccc(-c2ccc3ccc4ccc(-c5ccc6cc(-c7ccc8nc(-c9ccc%10ccc%11ccc(-c%12ccccc%12)nc%11c%10n9)ccc8c7)ccc6n5)nc4c3n2)cc1. The first kappa shape index (κ1) is 65.4. The van der Waals surface area contributed by atoms with Crippen LogP contribution in [0.25, 0.3) is 232 Å². The van der Waals surface area contributed by atoms with E-state index in [4.69, 9.17) is 49.8 Å². The van der Waals surface area contributed by atoms with Crippen LogP contribution in [0.3, 0.4) is 0 Å². The van der Waals surface area contributed by atoms with Crippen molar-refractivity contribution in [1.82, 2.24) is 59.8 Å². The maximum absolute atomic E-state index is 5.14. The molecule has 0 atom stereocenters. The van der Waals surface area contributed by atoms with Gasteiger partial charge in [0.2, 0.25) is 0 Å².